The number of nitrogens with one attached hydrogen (secondary N) is 2. The van der Waals surface area contributed by atoms with E-state index in [-0.39, 0.29) is 6.03 Å². The van der Waals surface area contributed by atoms with Crippen LogP contribution in [0.3, 0.4) is 0 Å². The van der Waals surface area contributed by atoms with Crippen LogP contribution < -0.4 is 10.6 Å². The second-order valence-electron chi connectivity index (χ2n) is 3.34. The molecule has 0 saturated carbocycles. The summed E-state index contributed by atoms with van der Waals surface area (Å²) >= 11 is 2.25. The molecule has 15 heavy (non-hydrogen) atoms. The number of hydrogen-bond acceptors (Lipinski definition) is 1. The molecule has 0 fully saturated rings. The molecular weight excluding hydrogens is 303 g/mol. The third kappa shape index (κ3) is 4.07. The van der Waals surface area contributed by atoms with E-state index in [9.17, 15) is 4.79 Å². The lowest BCUT2D eigenvalue weighted by molar-refractivity contribution is 0.252. The molecule has 2 amide bonds. The van der Waals surface area contributed by atoms with Crippen molar-refractivity contribution in [3.05, 3.63) is 27.3 Å². The lowest BCUT2D eigenvalue weighted by atomic mass is 10.2. The van der Waals surface area contributed by atoms with Gasteiger partial charge in [0.25, 0.3) is 0 Å². The van der Waals surface area contributed by atoms with Crippen LogP contribution in [0.4, 0.5) is 10.5 Å². The Hall–Kier alpha value is -0.780. The average Bonchev–Trinajstić information content (AvgIpc) is 2.19. The van der Waals surface area contributed by atoms with E-state index in [1.807, 2.05) is 32.0 Å². The summed E-state index contributed by atoms with van der Waals surface area (Å²) in [4.78, 5) is 11.4. The van der Waals surface area contributed by atoms with E-state index in [1.54, 1.807) is 0 Å². The van der Waals surface area contributed by atoms with Gasteiger partial charge in [0, 0.05) is 15.8 Å². The molecule has 3 nitrogen and oxygen atoms in total. The SMILES string of the molecule is CCCNC(=O)Nc1ccc(I)cc1C. The number of hydrogen-bond donors (Lipinski definition) is 2. The zero-order valence-electron chi connectivity index (χ0n) is 8.93. The van der Waals surface area contributed by atoms with E-state index in [1.165, 1.54) is 3.57 Å². The molecule has 1 aromatic carbocycles. The smallest absolute Gasteiger partial charge is 0.319 e. The number of benzene rings is 1. The first-order valence-corrected chi connectivity index (χ1v) is 6.02. The van der Waals surface area contributed by atoms with Crippen LogP contribution in [0.2, 0.25) is 0 Å². The number of anilines is 1. The maximum absolute atomic E-state index is 11.4. The molecule has 0 spiro atoms. The van der Waals surface area contributed by atoms with E-state index in [4.69, 9.17) is 0 Å². The minimum atomic E-state index is -0.138. The van der Waals surface area contributed by atoms with Gasteiger partial charge in [-0.1, -0.05) is 6.92 Å². The quantitative estimate of drug-likeness (QED) is 0.826. The summed E-state index contributed by atoms with van der Waals surface area (Å²) in [7, 11) is 0. The molecule has 0 bridgehead atoms. The fraction of sp³-hybridized carbons (Fsp3) is 0.364. The first-order chi connectivity index (χ1) is 7.13. The highest BCUT2D eigenvalue weighted by Gasteiger charge is 2.03. The third-order valence-electron chi connectivity index (χ3n) is 1.97. The van der Waals surface area contributed by atoms with Crippen LogP contribution in [0.1, 0.15) is 18.9 Å². The Labute approximate surface area is 104 Å². The fourth-order valence-corrected chi connectivity index (χ4v) is 1.82. The largest absolute Gasteiger partial charge is 0.338 e. The minimum Gasteiger partial charge on any atom is -0.338 e. The summed E-state index contributed by atoms with van der Waals surface area (Å²) in [5.41, 5.74) is 1.94. The van der Waals surface area contributed by atoms with Crippen molar-refractivity contribution >= 4 is 34.3 Å². The van der Waals surface area contributed by atoms with Crippen molar-refractivity contribution < 1.29 is 4.79 Å². The van der Waals surface area contributed by atoms with Crippen molar-refractivity contribution in [1.82, 2.24) is 5.32 Å². The summed E-state index contributed by atoms with van der Waals surface area (Å²) in [6, 6.07) is 5.79. The van der Waals surface area contributed by atoms with Gasteiger partial charge in [0.1, 0.15) is 0 Å². The summed E-state index contributed by atoms with van der Waals surface area (Å²) in [6.07, 6.45) is 0.944. The summed E-state index contributed by atoms with van der Waals surface area (Å²) in [5, 5.41) is 5.59. The van der Waals surface area contributed by atoms with Crippen LogP contribution in [0, 0.1) is 10.5 Å². The van der Waals surface area contributed by atoms with Crippen molar-refractivity contribution in [1.29, 1.82) is 0 Å². The van der Waals surface area contributed by atoms with Gasteiger partial charge >= 0.3 is 6.03 Å². The first-order valence-electron chi connectivity index (χ1n) is 4.94. The monoisotopic (exact) mass is 318 g/mol. The van der Waals surface area contributed by atoms with Crippen molar-refractivity contribution in [3.8, 4) is 0 Å². The summed E-state index contributed by atoms with van der Waals surface area (Å²) in [6.45, 7) is 4.71. The highest BCUT2D eigenvalue weighted by Crippen LogP contribution is 2.17. The second-order valence-corrected chi connectivity index (χ2v) is 4.59. The number of carbonyl (C=O) groups excluding carboxylic acids is 1. The summed E-state index contributed by atoms with van der Waals surface area (Å²) in [5.74, 6) is 0. The molecule has 0 saturated heterocycles. The zero-order valence-corrected chi connectivity index (χ0v) is 11.1. The molecule has 0 aliphatic carbocycles. The van der Waals surface area contributed by atoms with Crippen molar-refractivity contribution in [2.24, 2.45) is 0 Å². The highest BCUT2D eigenvalue weighted by atomic mass is 127. The summed E-state index contributed by atoms with van der Waals surface area (Å²) < 4.78 is 1.17. The van der Waals surface area contributed by atoms with E-state index in [0.717, 1.165) is 17.7 Å². The molecule has 82 valence electrons. The lowest BCUT2D eigenvalue weighted by Crippen LogP contribution is -2.29. The van der Waals surface area contributed by atoms with Gasteiger partial charge in [-0.3, -0.25) is 0 Å². The van der Waals surface area contributed by atoms with E-state index >= 15 is 0 Å². The van der Waals surface area contributed by atoms with Crippen molar-refractivity contribution in [2.75, 3.05) is 11.9 Å². The van der Waals surface area contributed by atoms with Crippen LogP contribution >= 0.6 is 22.6 Å². The average molecular weight is 318 g/mol. The van der Waals surface area contributed by atoms with E-state index in [2.05, 4.69) is 33.2 Å². The molecule has 1 aromatic rings. The molecule has 0 heterocycles. The van der Waals surface area contributed by atoms with E-state index in [0.29, 0.717) is 6.54 Å². The lowest BCUT2D eigenvalue weighted by Gasteiger charge is -2.09. The van der Waals surface area contributed by atoms with Crippen LogP contribution in [-0.4, -0.2) is 12.6 Å². The van der Waals surface area contributed by atoms with Gasteiger partial charge < -0.3 is 10.6 Å². The predicted octanol–water partition coefficient (Wildman–Crippen LogP) is 3.13. The molecule has 0 unspecified atom stereocenters. The first kappa shape index (κ1) is 12.3. The van der Waals surface area contributed by atoms with Crippen LogP contribution in [0.25, 0.3) is 0 Å². The number of aryl methyl sites for hydroxylation is 1. The number of rotatable bonds is 3. The van der Waals surface area contributed by atoms with Gasteiger partial charge in [0.15, 0.2) is 0 Å². The normalized spacial score (nSPS) is 9.80. The van der Waals surface area contributed by atoms with Crippen molar-refractivity contribution in [2.45, 2.75) is 20.3 Å². The predicted molar refractivity (Wildman–Crippen MR) is 71.2 cm³/mol. The van der Waals surface area contributed by atoms with Gasteiger partial charge in [0.2, 0.25) is 0 Å². The zero-order chi connectivity index (χ0) is 11.3. The number of urea groups is 1. The Morgan fingerprint density at radius 1 is 1.47 bits per heavy atom. The maximum atomic E-state index is 11.4. The minimum absolute atomic E-state index is 0.138. The van der Waals surface area contributed by atoms with Gasteiger partial charge in [-0.05, 0) is 59.7 Å². The standard InChI is InChI=1S/C11H15IN2O/c1-3-6-13-11(15)14-10-5-4-9(12)7-8(10)2/h4-5,7H,3,6H2,1-2H3,(H2,13,14,15). The Kier molecular flexibility index (Phi) is 4.87. The fourth-order valence-electron chi connectivity index (χ4n) is 1.17. The molecule has 0 aromatic heterocycles. The molecular formula is C11H15IN2O. The maximum Gasteiger partial charge on any atom is 0.319 e. The molecule has 0 radical (unpaired) electrons. The van der Waals surface area contributed by atoms with Crippen LogP contribution in [0.5, 0.6) is 0 Å². The molecule has 0 atom stereocenters. The highest BCUT2D eigenvalue weighted by molar-refractivity contribution is 14.1. The van der Waals surface area contributed by atoms with Crippen LogP contribution in [0.15, 0.2) is 18.2 Å². The van der Waals surface area contributed by atoms with E-state index < -0.39 is 0 Å². The second kappa shape index (κ2) is 5.95. The molecule has 4 heteroatoms. The topological polar surface area (TPSA) is 41.1 Å². The Bertz CT molecular complexity index is 352. The molecule has 0 aliphatic rings. The Morgan fingerprint density at radius 2 is 2.20 bits per heavy atom. The third-order valence-corrected chi connectivity index (χ3v) is 2.64. The molecule has 1 rings (SSSR count). The molecule has 0 aliphatic heterocycles. The van der Waals surface area contributed by atoms with Gasteiger partial charge in [-0.15, -0.1) is 0 Å². The van der Waals surface area contributed by atoms with Gasteiger partial charge in [-0.2, -0.15) is 0 Å². The van der Waals surface area contributed by atoms with Crippen molar-refractivity contribution in [3.63, 3.8) is 0 Å². The van der Waals surface area contributed by atoms with Crippen LogP contribution in [-0.2, 0) is 0 Å². The Balaban J connectivity index is 2.60. The number of carbonyl (C=O) groups is 1. The number of amides is 2. The molecule has 2 N–H and O–H groups in total. The number of halogens is 1. The Morgan fingerprint density at radius 3 is 2.80 bits per heavy atom. The van der Waals surface area contributed by atoms with Gasteiger partial charge in [0.05, 0.1) is 0 Å². The van der Waals surface area contributed by atoms with Gasteiger partial charge in [-0.25, -0.2) is 4.79 Å².